The number of anilines is 3. The number of hydrogen-bond donors (Lipinski definition) is 4. The molecule has 1 saturated heterocycles. The fourth-order valence-electron chi connectivity index (χ4n) is 4.87. The maximum atomic E-state index is 13.1. The Bertz CT molecular complexity index is 1540. The molecule has 0 atom stereocenters. The number of carbonyl (C=O) groups excluding carboxylic acids is 3. The number of H-pyrrole nitrogens is 1. The number of nitrogens with zero attached hydrogens (tertiary/aromatic N) is 3. The van der Waals surface area contributed by atoms with Crippen molar-refractivity contribution in [2.24, 2.45) is 5.73 Å². The van der Waals surface area contributed by atoms with E-state index in [1.54, 1.807) is 17.0 Å². The molecule has 0 bridgehead atoms. The molecule has 0 saturated carbocycles. The number of nitrogens with one attached hydrogen (secondary N) is 3. The van der Waals surface area contributed by atoms with E-state index < -0.39 is 12.1 Å². The quantitative estimate of drug-likeness (QED) is 0.204. The molecule has 0 spiro atoms. The van der Waals surface area contributed by atoms with Crippen LogP contribution in [0.5, 0.6) is 5.88 Å². The summed E-state index contributed by atoms with van der Waals surface area (Å²) in [5.41, 5.74) is 8.13. The number of rotatable bonds is 10. The lowest BCUT2D eigenvalue weighted by atomic mass is 10.1. The molecule has 1 aliphatic heterocycles. The number of primary amides is 1. The normalized spacial score (nSPS) is 13.0. The first kappa shape index (κ1) is 29.2. The number of aryl methyl sites for hydroxylation is 1. The first-order valence-electron chi connectivity index (χ1n) is 14.3. The van der Waals surface area contributed by atoms with Crippen molar-refractivity contribution in [3.8, 4) is 5.88 Å². The van der Waals surface area contributed by atoms with E-state index in [1.807, 2.05) is 42.5 Å². The Morgan fingerprint density at radius 1 is 0.977 bits per heavy atom. The molecule has 2 aromatic carbocycles. The first-order valence-corrected chi connectivity index (χ1v) is 14.3. The zero-order valence-electron chi connectivity index (χ0n) is 24.0. The summed E-state index contributed by atoms with van der Waals surface area (Å²) in [4.78, 5) is 48.4. The van der Waals surface area contributed by atoms with Crippen LogP contribution in [0.1, 0.15) is 47.5 Å². The zero-order valence-corrected chi connectivity index (χ0v) is 24.0. The van der Waals surface area contributed by atoms with Gasteiger partial charge in [0.2, 0.25) is 0 Å². The largest absolute Gasteiger partial charge is 0.455 e. The number of ether oxygens (including phenoxy) is 1. The molecular weight excluding hydrogens is 550 g/mol. The highest BCUT2D eigenvalue weighted by Crippen LogP contribution is 2.24. The summed E-state index contributed by atoms with van der Waals surface area (Å²) in [6, 6.07) is 20.4. The highest BCUT2D eigenvalue weighted by molar-refractivity contribution is 6.00. The number of furan rings is 1. The summed E-state index contributed by atoms with van der Waals surface area (Å²) in [6.07, 6.45) is 2.25. The predicted molar refractivity (Wildman–Crippen MR) is 163 cm³/mol. The Labute approximate surface area is 249 Å². The number of unbranched alkanes of at least 4 members (excludes halogenated alkanes) is 1. The van der Waals surface area contributed by atoms with Gasteiger partial charge in [-0.15, -0.1) is 0 Å². The number of para-hydroxylation sites is 1. The van der Waals surface area contributed by atoms with Crippen LogP contribution >= 0.6 is 0 Å². The number of amides is 4. The molecule has 12 heteroatoms. The SMILES string of the molecule is CCCCc1ccc(NC(=O)Nc2[nH]c(Cc3ccc(C(=O)N4CCN(c5ccccc5)CC4)o3)nc2OC(N)=O)cc1. The fraction of sp³-hybridized carbons (Fsp3) is 0.290. The molecule has 43 heavy (non-hydrogen) atoms. The van der Waals surface area contributed by atoms with Gasteiger partial charge in [0, 0.05) is 37.6 Å². The molecule has 5 rings (SSSR count). The molecule has 2 aromatic heterocycles. The van der Waals surface area contributed by atoms with Crippen LogP contribution in [0, 0.1) is 0 Å². The minimum Gasteiger partial charge on any atom is -0.455 e. The van der Waals surface area contributed by atoms with E-state index in [2.05, 4.69) is 44.6 Å². The Balaban J connectivity index is 1.19. The lowest BCUT2D eigenvalue weighted by Crippen LogP contribution is -2.48. The molecule has 0 aliphatic carbocycles. The van der Waals surface area contributed by atoms with Crippen molar-refractivity contribution < 1.29 is 23.5 Å². The monoisotopic (exact) mass is 585 g/mol. The number of carbonyl (C=O) groups is 3. The molecule has 12 nitrogen and oxygen atoms in total. The standard InChI is InChI=1S/C31H35N7O5/c1-2-3-7-21-10-12-22(13-11-21)33-31(41)36-27-28(43-30(32)40)35-26(34-27)20-24-14-15-25(42-24)29(39)38-18-16-37(17-19-38)23-8-5-4-6-9-23/h4-6,8-15H,2-3,7,16-20H2,1H3,(H2,32,40)(H,34,35)(H2,33,36,41). The summed E-state index contributed by atoms with van der Waals surface area (Å²) in [5.74, 6) is 0.688. The lowest BCUT2D eigenvalue weighted by molar-refractivity contribution is 0.0713. The van der Waals surface area contributed by atoms with E-state index in [0.29, 0.717) is 30.4 Å². The fourth-order valence-corrected chi connectivity index (χ4v) is 4.87. The number of aromatic nitrogens is 2. The van der Waals surface area contributed by atoms with Gasteiger partial charge in [0.1, 0.15) is 11.6 Å². The Morgan fingerprint density at radius 3 is 2.42 bits per heavy atom. The Hall–Kier alpha value is -5.26. The van der Waals surface area contributed by atoms with E-state index in [4.69, 9.17) is 14.9 Å². The minimum absolute atomic E-state index is 0.0463. The summed E-state index contributed by atoms with van der Waals surface area (Å²) in [7, 11) is 0. The number of hydrogen-bond acceptors (Lipinski definition) is 7. The highest BCUT2D eigenvalue weighted by atomic mass is 16.6. The second-order valence-corrected chi connectivity index (χ2v) is 10.2. The number of urea groups is 1. The van der Waals surface area contributed by atoms with Crippen molar-refractivity contribution >= 4 is 35.2 Å². The van der Waals surface area contributed by atoms with Crippen LogP contribution in [0.15, 0.2) is 71.1 Å². The smallest absolute Gasteiger partial charge is 0.411 e. The lowest BCUT2D eigenvalue weighted by Gasteiger charge is -2.35. The van der Waals surface area contributed by atoms with Crippen molar-refractivity contribution in [1.82, 2.24) is 14.9 Å². The molecule has 4 amide bonds. The van der Waals surface area contributed by atoms with Crippen LogP contribution in [0.25, 0.3) is 0 Å². The van der Waals surface area contributed by atoms with Gasteiger partial charge in [0.25, 0.3) is 11.8 Å². The van der Waals surface area contributed by atoms with Gasteiger partial charge in [0.05, 0.1) is 6.42 Å². The van der Waals surface area contributed by atoms with Crippen LogP contribution in [-0.4, -0.2) is 59.1 Å². The zero-order chi connectivity index (χ0) is 30.2. The maximum Gasteiger partial charge on any atom is 0.411 e. The Morgan fingerprint density at radius 2 is 1.72 bits per heavy atom. The van der Waals surface area contributed by atoms with Crippen LogP contribution in [0.3, 0.4) is 0 Å². The van der Waals surface area contributed by atoms with Crippen LogP contribution in [-0.2, 0) is 12.8 Å². The van der Waals surface area contributed by atoms with Gasteiger partial charge in [-0.05, 0) is 54.8 Å². The average molecular weight is 586 g/mol. The van der Waals surface area contributed by atoms with Crippen molar-refractivity contribution in [2.45, 2.75) is 32.6 Å². The number of nitrogens with two attached hydrogens (primary N) is 1. The predicted octanol–water partition coefficient (Wildman–Crippen LogP) is 5.00. The first-order chi connectivity index (χ1) is 20.9. The number of imidazole rings is 1. The third kappa shape index (κ3) is 7.73. The molecule has 1 aliphatic rings. The van der Waals surface area contributed by atoms with Gasteiger partial charge in [-0.25, -0.2) is 9.59 Å². The molecule has 0 unspecified atom stereocenters. The minimum atomic E-state index is -1.08. The third-order valence-corrected chi connectivity index (χ3v) is 7.09. The molecule has 1 fully saturated rings. The van der Waals surface area contributed by atoms with Crippen molar-refractivity contribution in [3.63, 3.8) is 0 Å². The van der Waals surface area contributed by atoms with E-state index >= 15 is 0 Å². The number of benzene rings is 2. The summed E-state index contributed by atoms with van der Waals surface area (Å²) < 4.78 is 10.8. The molecular formula is C31H35N7O5. The third-order valence-electron chi connectivity index (χ3n) is 7.09. The van der Waals surface area contributed by atoms with E-state index in [1.165, 1.54) is 5.56 Å². The van der Waals surface area contributed by atoms with E-state index in [-0.39, 0.29) is 29.8 Å². The van der Waals surface area contributed by atoms with E-state index in [0.717, 1.165) is 38.0 Å². The highest BCUT2D eigenvalue weighted by Gasteiger charge is 2.25. The van der Waals surface area contributed by atoms with Crippen molar-refractivity contribution in [2.75, 3.05) is 41.7 Å². The van der Waals surface area contributed by atoms with Crippen LogP contribution in [0.2, 0.25) is 0 Å². The van der Waals surface area contributed by atoms with Crippen molar-refractivity contribution in [3.05, 3.63) is 89.6 Å². The van der Waals surface area contributed by atoms with Gasteiger partial charge in [-0.3, -0.25) is 10.1 Å². The summed E-state index contributed by atoms with van der Waals surface area (Å²) in [6.45, 7) is 4.75. The number of piperazine rings is 1. The molecule has 224 valence electrons. The summed E-state index contributed by atoms with van der Waals surface area (Å²) in [5, 5.41) is 5.34. The van der Waals surface area contributed by atoms with Crippen LogP contribution < -0.4 is 26.0 Å². The van der Waals surface area contributed by atoms with Gasteiger partial charge < -0.3 is 35.0 Å². The second-order valence-electron chi connectivity index (χ2n) is 10.2. The molecule has 3 heterocycles. The second kappa shape index (κ2) is 13.6. The summed E-state index contributed by atoms with van der Waals surface area (Å²) >= 11 is 0. The molecule has 0 radical (unpaired) electrons. The van der Waals surface area contributed by atoms with E-state index in [9.17, 15) is 14.4 Å². The topological polar surface area (TPSA) is 159 Å². The van der Waals surface area contributed by atoms with Crippen molar-refractivity contribution in [1.29, 1.82) is 0 Å². The van der Waals surface area contributed by atoms with Gasteiger partial charge in [0.15, 0.2) is 11.6 Å². The molecule has 5 N–H and O–H groups in total. The van der Waals surface area contributed by atoms with Gasteiger partial charge >= 0.3 is 12.1 Å². The molecule has 4 aromatic rings. The van der Waals surface area contributed by atoms with Crippen LogP contribution in [0.4, 0.5) is 26.8 Å². The maximum absolute atomic E-state index is 13.1. The average Bonchev–Trinajstić information content (AvgIpc) is 3.63. The number of aromatic amines is 1. The van der Waals surface area contributed by atoms with Gasteiger partial charge in [-0.1, -0.05) is 43.7 Å². The van der Waals surface area contributed by atoms with Gasteiger partial charge in [-0.2, -0.15) is 4.98 Å². The Kier molecular flexibility index (Phi) is 9.25.